The molecule has 1 saturated carbocycles. The third-order valence-corrected chi connectivity index (χ3v) is 5.33. The van der Waals surface area contributed by atoms with E-state index in [4.69, 9.17) is 28.9 Å². The maximum Gasteiger partial charge on any atom is 0.0915 e. The molecule has 0 amide bonds. The second-order valence-electron chi connectivity index (χ2n) is 6.71. The summed E-state index contributed by atoms with van der Waals surface area (Å²) in [6, 6.07) is 13.9. The van der Waals surface area contributed by atoms with E-state index in [-0.39, 0.29) is 0 Å². The molecule has 1 unspecified atom stereocenters. The average molecular weight is 365 g/mol. The standard InChI is InChI=1S/C19H22Cl2N2O/c20-15-8-14(9-16(21)18(15)22)17(24)11-23-12-19(6-7-19)10-13-4-2-1-3-5-13/h1-5,8-9,17,23-24H,6-7,10-12,22H2. The molecule has 0 heterocycles. The summed E-state index contributed by atoms with van der Waals surface area (Å²) in [6.45, 7) is 1.36. The zero-order valence-corrected chi connectivity index (χ0v) is 14.9. The Bertz CT molecular complexity index is 679. The van der Waals surface area contributed by atoms with Crippen LogP contribution < -0.4 is 11.1 Å². The molecule has 0 bridgehead atoms. The third kappa shape index (κ3) is 4.22. The largest absolute Gasteiger partial charge is 0.396 e. The highest BCUT2D eigenvalue weighted by atomic mass is 35.5. The number of hydrogen-bond acceptors (Lipinski definition) is 3. The summed E-state index contributed by atoms with van der Waals surface area (Å²) in [4.78, 5) is 0. The molecule has 1 atom stereocenters. The smallest absolute Gasteiger partial charge is 0.0915 e. The Labute approximate surface area is 152 Å². The Kier molecular flexibility index (Phi) is 5.36. The molecule has 0 aromatic heterocycles. The molecule has 2 aromatic carbocycles. The fraction of sp³-hybridized carbons (Fsp3) is 0.368. The number of anilines is 1. The number of benzene rings is 2. The van der Waals surface area contributed by atoms with E-state index in [1.807, 2.05) is 6.07 Å². The SMILES string of the molecule is Nc1c(Cl)cc(C(O)CNCC2(Cc3ccccc3)CC2)cc1Cl. The van der Waals surface area contributed by atoms with Gasteiger partial charge in [-0.25, -0.2) is 0 Å². The summed E-state index contributed by atoms with van der Waals surface area (Å²) in [5, 5.41) is 14.5. The van der Waals surface area contributed by atoms with E-state index in [2.05, 4.69) is 29.6 Å². The van der Waals surface area contributed by atoms with E-state index in [1.165, 1.54) is 18.4 Å². The van der Waals surface area contributed by atoms with Gasteiger partial charge in [0.15, 0.2) is 0 Å². The maximum absolute atomic E-state index is 10.3. The predicted octanol–water partition coefficient (Wildman–Crippen LogP) is 4.22. The van der Waals surface area contributed by atoms with Gasteiger partial charge in [-0.3, -0.25) is 0 Å². The topological polar surface area (TPSA) is 58.3 Å². The van der Waals surface area contributed by atoms with Crippen LogP contribution in [0.2, 0.25) is 10.0 Å². The molecule has 2 aromatic rings. The molecule has 0 spiro atoms. The Morgan fingerprint density at radius 3 is 2.33 bits per heavy atom. The molecule has 4 N–H and O–H groups in total. The summed E-state index contributed by atoms with van der Waals surface area (Å²) >= 11 is 12.1. The number of hydrogen-bond donors (Lipinski definition) is 3. The number of rotatable bonds is 7. The van der Waals surface area contributed by atoms with Crippen LogP contribution in [0, 0.1) is 5.41 Å². The molecular formula is C19H22Cl2N2O. The highest BCUT2D eigenvalue weighted by Crippen LogP contribution is 2.47. The zero-order valence-electron chi connectivity index (χ0n) is 13.4. The fourth-order valence-corrected chi connectivity index (χ4v) is 3.51. The first-order valence-corrected chi connectivity index (χ1v) is 8.92. The van der Waals surface area contributed by atoms with Crippen LogP contribution in [-0.2, 0) is 6.42 Å². The summed E-state index contributed by atoms with van der Waals surface area (Å²) in [6.07, 6.45) is 2.87. The highest BCUT2D eigenvalue weighted by Gasteiger charge is 2.41. The van der Waals surface area contributed by atoms with Crippen molar-refractivity contribution >= 4 is 28.9 Å². The molecule has 0 saturated heterocycles. The van der Waals surface area contributed by atoms with Gasteiger partial charge in [0.05, 0.1) is 21.8 Å². The second-order valence-corrected chi connectivity index (χ2v) is 7.52. The van der Waals surface area contributed by atoms with Crippen LogP contribution in [0.15, 0.2) is 42.5 Å². The van der Waals surface area contributed by atoms with Crippen molar-refractivity contribution in [3.8, 4) is 0 Å². The molecule has 1 fully saturated rings. The predicted molar refractivity (Wildman–Crippen MR) is 101 cm³/mol. The van der Waals surface area contributed by atoms with Gasteiger partial charge in [0, 0.05) is 13.1 Å². The molecule has 24 heavy (non-hydrogen) atoms. The van der Waals surface area contributed by atoms with Crippen LogP contribution in [0.5, 0.6) is 0 Å². The van der Waals surface area contributed by atoms with E-state index in [1.54, 1.807) is 12.1 Å². The summed E-state index contributed by atoms with van der Waals surface area (Å²) in [7, 11) is 0. The summed E-state index contributed by atoms with van der Waals surface area (Å²) < 4.78 is 0. The molecular weight excluding hydrogens is 343 g/mol. The summed E-state index contributed by atoms with van der Waals surface area (Å²) in [5.41, 5.74) is 8.46. The second kappa shape index (κ2) is 7.32. The van der Waals surface area contributed by atoms with Crippen molar-refractivity contribution in [2.24, 2.45) is 5.41 Å². The lowest BCUT2D eigenvalue weighted by Gasteiger charge is -2.19. The first-order chi connectivity index (χ1) is 11.5. The normalized spacial score (nSPS) is 16.8. The first kappa shape index (κ1) is 17.6. The van der Waals surface area contributed by atoms with Gasteiger partial charge in [0.25, 0.3) is 0 Å². The van der Waals surface area contributed by atoms with Crippen molar-refractivity contribution in [2.75, 3.05) is 18.8 Å². The Morgan fingerprint density at radius 1 is 1.12 bits per heavy atom. The number of halogens is 2. The highest BCUT2D eigenvalue weighted by molar-refractivity contribution is 6.38. The van der Waals surface area contributed by atoms with Gasteiger partial charge in [-0.1, -0.05) is 53.5 Å². The molecule has 1 aliphatic rings. The van der Waals surface area contributed by atoms with Crippen LogP contribution >= 0.6 is 23.2 Å². The number of aliphatic hydroxyl groups is 1. The molecule has 0 aliphatic heterocycles. The fourth-order valence-electron chi connectivity index (χ4n) is 3.01. The Morgan fingerprint density at radius 2 is 1.75 bits per heavy atom. The van der Waals surface area contributed by atoms with Crippen LogP contribution in [0.1, 0.15) is 30.1 Å². The number of nitrogens with two attached hydrogens (primary N) is 1. The van der Waals surface area contributed by atoms with Gasteiger partial charge in [0.1, 0.15) is 0 Å². The van der Waals surface area contributed by atoms with E-state index >= 15 is 0 Å². The number of nitrogen functional groups attached to an aromatic ring is 1. The lowest BCUT2D eigenvalue weighted by atomic mass is 9.96. The van der Waals surface area contributed by atoms with Crippen molar-refractivity contribution in [2.45, 2.75) is 25.4 Å². The molecule has 128 valence electrons. The number of nitrogens with one attached hydrogen (secondary N) is 1. The Hall–Kier alpha value is -1.26. The van der Waals surface area contributed by atoms with Crippen molar-refractivity contribution in [1.29, 1.82) is 0 Å². The number of aliphatic hydroxyl groups excluding tert-OH is 1. The minimum atomic E-state index is -0.659. The minimum absolute atomic E-state index is 0.331. The van der Waals surface area contributed by atoms with Crippen molar-refractivity contribution < 1.29 is 5.11 Å². The van der Waals surface area contributed by atoms with Crippen LogP contribution in [-0.4, -0.2) is 18.2 Å². The molecule has 0 radical (unpaired) electrons. The van der Waals surface area contributed by atoms with Gasteiger partial charge in [-0.2, -0.15) is 0 Å². The van der Waals surface area contributed by atoms with Gasteiger partial charge >= 0.3 is 0 Å². The Balaban J connectivity index is 1.53. The van der Waals surface area contributed by atoms with E-state index in [0.717, 1.165) is 13.0 Å². The summed E-state index contributed by atoms with van der Waals surface area (Å²) in [5.74, 6) is 0. The third-order valence-electron chi connectivity index (χ3n) is 4.70. The maximum atomic E-state index is 10.3. The molecule has 5 heteroatoms. The van der Waals surface area contributed by atoms with Crippen molar-refractivity contribution in [3.05, 3.63) is 63.6 Å². The molecule has 3 rings (SSSR count). The molecule has 3 nitrogen and oxygen atoms in total. The lowest BCUT2D eigenvalue weighted by Crippen LogP contribution is -2.29. The zero-order chi connectivity index (χ0) is 17.2. The van der Waals surface area contributed by atoms with Crippen molar-refractivity contribution in [3.63, 3.8) is 0 Å². The van der Waals surface area contributed by atoms with Gasteiger partial charge in [0.2, 0.25) is 0 Å². The van der Waals surface area contributed by atoms with Crippen LogP contribution in [0.25, 0.3) is 0 Å². The quantitative estimate of drug-likeness (QED) is 0.644. The average Bonchev–Trinajstić information content (AvgIpc) is 3.32. The van der Waals surface area contributed by atoms with E-state index in [9.17, 15) is 5.11 Å². The van der Waals surface area contributed by atoms with Gasteiger partial charge in [-0.05, 0) is 47.9 Å². The molecule has 1 aliphatic carbocycles. The minimum Gasteiger partial charge on any atom is -0.396 e. The lowest BCUT2D eigenvalue weighted by molar-refractivity contribution is 0.172. The van der Waals surface area contributed by atoms with Gasteiger partial charge in [-0.15, -0.1) is 0 Å². The van der Waals surface area contributed by atoms with E-state index in [0.29, 0.717) is 33.3 Å². The van der Waals surface area contributed by atoms with Crippen LogP contribution in [0.4, 0.5) is 5.69 Å². The van der Waals surface area contributed by atoms with Gasteiger partial charge < -0.3 is 16.2 Å². The van der Waals surface area contributed by atoms with Crippen LogP contribution in [0.3, 0.4) is 0 Å². The monoisotopic (exact) mass is 364 g/mol. The first-order valence-electron chi connectivity index (χ1n) is 8.16. The van der Waals surface area contributed by atoms with Crippen molar-refractivity contribution in [1.82, 2.24) is 5.32 Å². The van der Waals surface area contributed by atoms with E-state index < -0.39 is 6.10 Å².